The first-order chi connectivity index (χ1) is 10.1. The number of carbonyl (C=O) groups is 2. The number of rotatable bonds is 0. The normalized spacial score (nSPS) is 24.2. The number of carboxylic acid groups (broad SMARTS) is 1. The fourth-order valence-corrected chi connectivity index (χ4v) is 3.96. The van der Waals surface area contributed by atoms with Gasteiger partial charge in [0.05, 0.1) is 17.3 Å². The van der Waals surface area contributed by atoms with Crippen LogP contribution < -0.4 is 0 Å². The predicted octanol–water partition coefficient (Wildman–Crippen LogP) is 2.90. The standard InChI is InChI=1S/C16H16N2O3/c1-9-8-13(19)18-12-5-3-2-4-10(12)11-6-7-17(16(20)21)14(9)15(11)18/h2-5,9,14H,6-8H2,1H3,(H,20,21). The molecule has 0 saturated carbocycles. The molecule has 2 unspecified atom stereocenters. The monoisotopic (exact) mass is 284 g/mol. The van der Waals surface area contributed by atoms with Gasteiger partial charge in [-0.3, -0.25) is 14.3 Å². The van der Waals surface area contributed by atoms with Crippen molar-refractivity contribution in [3.63, 3.8) is 0 Å². The van der Waals surface area contributed by atoms with Gasteiger partial charge in [0.25, 0.3) is 0 Å². The maximum absolute atomic E-state index is 12.5. The lowest BCUT2D eigenvalue weighted by atomic mass is 9.85. The van der Waals surface area contributed by atoms with Crippen molar-refractivity contribution in [3.05, 3.63) is 35.5 Å². The number of hydrogen-bond donors (Lipinski definition) is 1. The van der Waals surface area contributed by atoms with Gasteiger partial charge >= 0.3 is 6.09 Å². The molecule has 2 aromatic rings. The van der Waals surface area contributed by atoms with E-state index in [2.05, 4.69) is 0 Å². The van der Waals surface area contributed by atoms with Gasteiger partial charge in [-0.2, -0.15) is 0 Å². The van der Waals surface area contributed by atoms with E-state index in [1.165, 1.54) is 4.90 Å². The van der Waals surface area contributed by atoms with Crippen LogP contribution in [0.15, 0.2) is 24.3 Å². The van der Waals surface area contributed by atoms with E-state index in [1.807, 2.05) is 31.2 Å². The summed E-state index contributed by atoms with van der Waals surface area (Å²) in [5.74, 6) is 0.0906. The first kappa shape index (κ1) is 12.4. The number of amides is 1. The molecule has 1 N–H and O–H groups in total. The molecule has 5 heteroatoms. The summed E-state index contributed by atoms with van der Waals surface area (Å²) >= 11 is 0. The van der Waals surface area contributed by atoms with Crippen molar-refractivity contribution in [2.75, 3.05) is 6.54 Å². The van der Waals surface area contributed by atoms with Gasteiger partial charge in [-0.15, -0.1) is 0 Å². The van der Waals surface area contributed by atoms with Gasteiger partial charge in [0.2, 0.25) is 5.91 Å². The number of benzene rings is 1. The molecule has 0 spiro atoms. The van der Waals surface area contributed by atoms with E-state index in [0.717, 1.165) is 22.2 Å². The van der Waals surface area contributed by atoms with Crippen LogP contribution in [0.1, 0.15) is 35.4 Å². The highest BCUT2D eigenvalue weighted by Gasteiger charge is 2.43. The Morgan fingerprint density at radius 2 is 2.10 bits per heavy atom. The van der Waals surface area contributed by atoms with Gasteiger partial charge in [-0.25, -0.2) is 4.79 Å². The molecule has 108 valence electrons. The Morgan fingerprint density at radius 3 is 2.86 bits per heavy atom. The van der Waals surface area contributed by atoms with Gasteiger partial charge in [0.15, 0.2) is 0 Å². The minimum Gasteiger partial charge on any atom is -0.465 e. The fourth-order valence-electron chi connectivity index (χ4n) is 3.96. The van der Waals surface area contributed by atoms with Gasteiger partial charge < -0.3 is 5.11 Å². The van der Waals surface area contributed by atoms with Crippen molar-refractivity contribution >= 4 is 22.9 Å². The van der Waals surface area contributed by atoms with Crippen LogP contribution in [-0.2, 0) is 6.42 Å². The highest BCUT2D eigenvalue weighted by molar-refractivity contribution is 5.97. The zero-order chi connectivity index (χ0) is 14.7. The molecule has 0 fully saturated rings. The van der Waals surface area contributed by atoms with E-state index < -0.39 is 6.09 Å². The molecule has 1 aromatic heterocycles. The molecule has 2 aliphatic heterocycles. The van der Waals surface area contributed by atoms with Crippen LogP contribution in [0, 0.1) is 5.92 Å². The van der Waals surface area contributed by atoms with Gasteiger partial charge in [-0.05, 0) is 24.0 Å². The lowest BCUT2D eigenvalue weighted by Crippen LogP contribution is -2.46. The van der Waals surface area contributed by atoms with Crippen LogP contribution in [0.5, 0.6) is 0 Å². The molecule has 4 rings (SSSR count). The van der Waals surface area contributed by atoms with Crippen molar-refractivity contribution < 1.29 is 14.7 Å². The second kappa shape index (κ2) is 4.10. The van der Waals surface area contributed by atoms with Gasteiger partial charge in [0.1, 0.15) is 0 Å². The molecule has 0 aliphatic carbocycles. The summed E-state index contributed by atoms with van der Waals surface area (Å²) in [6.45, 7) is 2.47. The number of carbonyl (C=O) groups excluding carboxylic acids is 1. The number of fused-ring (bicyclic) bond motifs is 3. The Kier molecular flexibility index (Phi) is 2.43. The van der Waals surface area contributed by atoms with Crippen molar-refractivity contribution in [1.82, 2.24) is 9.47 Å². The fraction of sp³-hybridized carbons (Fsp3) is 0.375. The molecule has 1 aromatic carbocycles. The second-order valence-electron chi connectivity index (χ2n) is 5.96. The summed E-state index contributed by atoms with van der Waals surface area (Å²) in [6.07, 6.45) is 0.161. The Morgan fingerprint density at radius 1 is 1.33 bits per heavy atom. The van der Waals surface area contributed by atoms with Crippen LogP contribution in [0.4, 0.5) is 4.79 Å². The van der Waals surface area contributed by atoms with Crippen LogP contribution in [0.2, 0.25) is 0 Å². The summed E-state index contributed by atoms with van der Waals surface area (Å²) in [5, 5.41) is 10.6. The molecule has 2 aliphatic rings. The van der Waals surface area contributed by atoms with Crippen LogP contribution in [0.3, 0.4) is 0 Å². The zero-order valence-corrected chi connectivity index (χ0v) is 11.7. The van der Waals surface area contributed by atoms with E-state index in [9.17, 15) is 14.7 Å². The first-order valence-corrected chi connectivity index (χ1v) is 7.24. The van der Waals surface area contributed by atoms with E-state index in [-0.39, 0.29) is 17.9 Å². The Balaban J connectivity index is 2.06. The first-order valence-electron chi connectivity index (χ1n) is 7.24. The summed E-state index contributed by atoms with van der Waals surface area (Å²) in [4.78, 5) is 25.5. The topological polar surface area (TPSA) is 62.5 Å². The third-order valence-electron chi connectivity index (χ3n) is 4.77. The van der Waals surface area contributed by atoms with Crippen molar-refractivity contribution in [3.8, 4) is 0 Å². The third kappa shape index (κ3) is 1.51. The highest BCUT2D eigenvalue weighted by Crippen LogP contribution is 2.44. The van der Waals surface area contributed by atoms with Gasteiger partial charge in [0, 0.05) is 18.4 Å². The van der Waals surface area contributed by atoms with E-state index in [0.29, 0.717) is 19.4 Å². The van der Waals surface area contributed by atoms with E-state index in [1.54, 1.807) is 4.57 Å². The summed E-state index contributed by atoms with van der Waals surface area (Å²) in [6, 6.07) is 7.66. The average Bonchev–Trinajstić information content (AvgIpc) is 2.79. The SMILES string of the molecule is CC1CC(=O)n2c3c(c4ccccc42)CCN(C(=O)O)C31. The summed E-state index contributed by atoms with van der Waals surface area (Å²) in [7, 11) is 0. The number of nitrogens with zero attached hydrogens (tertiary/aromatic N) is 2. The lowest BCUT2D eigenvalue weighted by molar-refractivity contribution is 0.0670. The molecular formula is C16H16N2O3. The van der Waals surface area contributed by atoms with Gasteiger partial charge in [-0.1, -0.05) is 25.1 Å². The predicted molar refractivity (Wildman–Crippen MR) is 77.5 cm³/mol. The second-order valence-corrected chi connectivity index (χ2v) is 5.96. The van der Waals surface area contributed by atoms with E-state index >= 15 is 0 Å². The van der Waals surface area contributed by atoms with E-state index in [4.69, 9.17) is 0 Å². The van der Waals surface area contributed by atoms with Crippen LogP contribution in [0.25, 0.3) is 10.9 Å². The molecule has 0 saturated heterocycles. The minimum atomic E-state index is -0.899. The highest BCUT2D eigenvalue weighted by atomic mass is 16.4. The largest absolute Gasteiger partial charge is 0.465 e. The zero-order valence-electron chi connectivity index (χ0n) is 11.7. The average molecular weight is 284 g/mol. The Bertz CT molecular complexity index is 777. The molecule has 0 bridgehead atoms. The number of hydrogen-bond acceptors (Lipinski definition) is 2. The van der Waals surface area contributed by atoms with Crippen LogP contribution in [-0.4, -0.2) is 33.1 Å². The van der Waals surface area contributed by atoms with Crippen molar-refractivity contribution in [2.45, 2.75) is 25.8 Å². The number of para-hydroxylation sites is 1. The summed E-state index contributed by atoms with van der Waals surface area (Å²) in [5.41, 5.74) is 2.96. The van der Waals surface area contributed by atoms with Crippen molar-refractivity contribution in [1.29, 1.82) is 0 Å². The molecule has 1 amide bonds. The smallest absolute Gasteiger partial charge is 0.407 e. The third-order valence-corrected chi connectivity index (χ3v) is 4.77. The Labute approximate surface area is 121 Å². The molecule has 21 heavy (non-hydrogen) atoms. The van der Waals surface area contributed by atoms with Crippen molar-refractivity contribution in [2.24, 2.45) is 5.92 Å². The Hall–Kier alpha value is -2.30. The molecule has 5 nitrogen and oxygen atoms in total. The maximum Gasteiger partial charge on any atom is 0.407 e. The maximum atomic E-state index is 12.5. The molecule has 0 radical (unpaired) electrons. The molecule has 3 heterocycles. The molecular weight excluding hydrogens is 268 g/mol. The van der Waals surface area contributed by atoms with Crippen LogP contribution >= 0.6 is 0 Å². The molecule has 2 atom stereocenters. The minimum absolute atomic E-state index is 0.0180. The summed E-state index contributed by atoms with van der Waals surface area (Å²) < 4.78 is 1.75. The quantitative estimate of drug-likeness (QED) is 0.809. The lowest BCUT2D eigenvalue weighted by Gasteiger charge is -2.40. The number of aromatic nitrogens is 1.